The summed E-state index contributed by atoms with van der Waals surface area (Å²) in [7, 11) is 0. The number of hydrazine groups is 1. The Morgan fingerprint density at radius 1 is 1.09 bits per heavy atom. The lowest BCUT2D eigenvalue weighted by atomic mass is 10.1. The van der Waals surface area contributed by atoms with Crippen LogP contribution in [-0.4, -0.2) is 29.7 Å². The number of fused-ring (bicyclic) bond motifs is 1. The zero-order valence-corrected chi connectivity index (χ0v) is 20.2. The van der Waals surface area contributed by atoms with E-state index in [0.717, 1.165) is 35.1 Å². The Bertz CT molecular complexity index is 1050. The van der Waals surface area contributed by atoms with Gasteiger partial charge < -0.3 is 4.90 Å². The molecule has 0 aliphatic carbocycles. The highest BCUT2D eigenvalue weighted by molar-refractivity contribution is 8.03. The summed E-state index contributed by atoms with van der Waals surface area (Å²) in [5.41, 5.74) is 9.14. The highest BCUT2D eigenvalue weighted by Gasteiger charge is 2.22. The monoisotopic (exact) mass is 460 g/mol. The molecule has 2 aliphatic rings. The Kier molecular flexibility index (Phi) is 8.02. The second kappa shape index (κ2) is 11.3. The van der Waals surface area contributed by atoms with Gasteiger partial charge in [-0.1, -0.05) is 73.3 Å². The lowest BCUT2D eigenvalue weighted by Gasteiger charge is -2.30. The summed E-state index contributed by atoms with van der Waals surface area (Å²) in [6, 6.07) is 18.5. The van der Waals surface area contributed by atoms with Gasteiger partial charge in [-0.15, -0.1) is 0 Å². The van der Waals surface area contributed by atoms with Gasteiger partial charge in [-0.2, -0.15) is 0 Å². The fraction of sp³-hybridized carbons (Fsp3) is 0.333. The molecule has 2 aromatic rings. The first-order valence-corrected chi connectivity index (χ1v) is 12.5. The molecule has 0 spiro atoms. The van der Waals surface area contributed by atoms with Crippen molar-refractivity contribution in [3.8, 4) is 0 Å². The fourth-order valence-electron chi connectivity index (χ4n) is 3.97. The van der Waals surface area contributed by atoms with Gasteiger partial charge in [0.15, 0.2) is 0 Å². The molecule has 1 atom stereocenters. The first-order chi connectivity index (χ1) is 16.1. The van der Waals surface area contributed by atoms with Crippen molar-refractivity contribution in [2.24, 2.45) is 10.9 Å². The number of carbonyl (C=O) groups excluding carboxylic acids is 1. The molecular formula is C27H32N4OS. The molecule has 2 aliphatic heterocycles. The third kappa shape index (κ3) is 6.15. The molecule has 1 unspecified atom stereocenters. The van der Waals surface area contributed by atoms with Crippen LogP contribution in [-0.2, 0) is 11.3 Å². The summed E-state index contributed by atoms with van der Waals surface area (Å²) in [5.74, 6) is 0.754. The minimum Gasteiger partial charge on any atom is -0.356 e. The Labute approximate surface area is 201 Å². The number of hydrogen-bond donors (Lipinski definition) is 2. The number of rotatable bonds is 6. The van der Waals surface area contributed by atoms with E-state index in [1.165, 1.54) is 29.7 Å². The number of amidine groups is 1. The maximum Gasteiger partial charge on any atom is 0.240 e. The van der Waals surface area contributed by atoms with E-state index >= 15 is 0 Å². The molecule has 0 bridgehead atoms. The summed E-state index contributed by atoms with van der Waals surface area (Å²) in [4.78, 5) is 22.3. The SMILES string of the molecule is CC1=C(/C=C\C(C)C(=O)NNCc2ccccc2)Sc2ccccc2C(N2CCCCC2)=N1. The zero-order chi connectivity index (χ0) is 23.0. The predicted molar refractivity (Wildman–Crippen MR) is 137 cm³/mol. The van der Waals surface area contributed by atoms with Gasteiger partial charge in [0.05, 0.1) is 11.6 Å². The van der Waals surface area contributed by atoms with Crippen LogP contribution in [0.25, 0.3) is 0 Å². The fourth-order valence-corrected chi connectivity index (χ4v) is 4.96. The van der Waals surface area contributed by atoms with Crippen LogP contribution < -0.4 is 10.9 Å². The van der Waals surface area contributed by atoms with Crippen LogP contribution in [0, 0.1) is 5.92 Å². The highest BCUT2D eigenvalue weighted by Crippen LogP contribution is 2.37. The molecule has 5 nitrogen and oxygen atoms in total. The smallest absolute Gasteiger partial charge is 0.240 e. The largest absolute Gasteiger partial charge is 0.356 e. The molecule has 172 valence electrons. The van der Waals surface area contributed by atoms with Crippen LogP contribution in [0.3, 0.4) is 0 Å². The van der Waals surface area contributed by atoms with Crippen molar-refractivity contribution >= 4 is 23.5 Å². The summed E-state index contributed by atoms with van der Waals surface area (Å²) in [6.45, 7) is 6.68. The molecule has 2 heterocycles. The van der Waals surface area contributed by atoms with Gasteiger partial charge in [0, 0.05) is 35.0 Å². The van der Waals surface area contributed by atoms with Gasteiger partial charge in [-0.25, -0.2) is 10.4 Å². The highest BCUT2D eigenvalue weighted by atomic mass is 32.2. The molecule has 0 radical (unpaired) electrons. The number of allylic oxidation sites excluding steroid dienone is 2. The van der Waals surface area contributed by atoms with Crippen molar-refractivity contribution in [3.05, 3.63) is 88.5 Å². The normalized spacial score (nSPS) is 17.4. The average Bonchev–Trinajstić information content (AvgIpc) is 3.00. The lowest BCUT2D eigenvalue weighted by molar-refractivity contribution is -0.124. The molecule has 1 fully saturated rings. The zero-order valence-electron chi connectivity index (χ0n) is 19.4. The number of hydrogen-bond acceptors (Lipinski definition) is 5. The Morgan fingerprint density at radius 2 is 1.82 bits per heavy atom. The number of likely N-dealkylation sites (tertiary alicyclic amines) is 1. The maximum absolute atomic E-state index is 12.5. The van der Waals surface area contributed by atoms with E-state index < -0.39 is 0 Å². The second-order valence-electron chi connectivity index (χ2n) is 8.51. The van der Waals surface area contributed by atoms with E-state index in [1.807, 2.05) is 49.4 Å². The van der Waals surface area contributed by atoms with Crippen LogP contribution in [0.15, 0.2) is 87.2 Å². The minimum absolute atomic E-state index is 0.0584. The Hall–Kier alpha value is -2.83. The molecule has 0 aromatic heterocycles. The van der Waals surface area contributed by atoms with Crippen LogP contribution in [0.1, 0.15) is 44.2 Å². The van der Waals surface area contributed by atoms with Crippen molar-refractivity contribution < 1.29 is 4.79 Å². The molecular weight excluding hydrogens is 428 g/mol. The summed E-state index contributed by atoms with van der Waals surface area (Å²) in [5, 5.41) is 0. The van der Waals surface area contributed by atoms with Crippen LogP contribution in [0.2, 0.25) is 0 Å². The van der Waals surface area contributed by atoms with Gasteiger partial charge in [-0.3, -0.25) is 10.2 Å². The third-order valence-corrected chi connectivity index (χ3v) is 7.16. The Morgan fingerprint density at radius 3 is 2.61 bits per heavy atom. The minimum atomic E-state index is -0.266. The first-order valence-electron chi connectivity index (χ1n) is 11.7. The van der Waals surface area contributed by atoms with Crippen molar-refractivity contribution in [3.63, 3.8) is 0 Å². The van der Waals surface area contributed by atoms with E-state index in [1.54, 1.807) is 11.8 Å². The molecule has 33 heavy (non-hydrogen) atoms. The van der Waals surface area contributed by atoms with Gasteiger partial charge >= 0.3 is 0 Å². The van der Waals surface area contributed by atoms with Crippen LogP contribution >= 0.6 is 11.8 Å². The van der Waals surface area contributed by atoms with E-state index in [-0.39, 0.29) is 11.8 Å². The number of carbonyl (C=O) groups is 1. The number of thioether (sulfide) groups is 1. The van der Waals surface area contributed by atoms with Crippen molar-refractivity contribution in [2.75, 3.05) is 13.1 Å². The van der Waals surface area contributed by atoms with Crippen molar-refractivity contribution in [1.82, 2.24) is 15.8 Å². The molecule has 0 saturated carbocycles. The van der Waals surface area contributed by atoms with Crippen LogP contribution in [0.4, 0.5) is 0 Å². The van der Waals surface area contributed by atoms with E-state index in [2.05, 4.69) is 46.9 Å². The number of amides is 1. The van der Waals surface area contributed by atoms with E-state index in [0.29, 0.717) is 6.54 Å². The number of benzene rings is 2. The lowest BCUT2D eigenvalue weighted by Crippen LogP contribution is -2.39. The van der Waals surface area contributed by atoms with E-state index in [4.69, 9.17) is 4.99 Å². The van der Waals surface area contributed by atoms with E-state index in [9.17, 15) is 4.79 Å². The molecule has 2 aromatic carbocycles. The molecule has 1 saturated heterocycles. The quantitative estimate of drug-likeness (QED) is 0.577. The summed E-state index contributed by atoms with van der Waals surface area (Å²) < 4.78 is 0. The average molecular weight is 461 g/mol. The van der Waals surface area contributed by atoms with Gasteiger partial charge in [0.25, 0.3) is 0 Å². The second-order valence-corrected chi connectivity index (χ2v) is 9.59. The Balaban J connectivity index is 1.45. The topological polar surface area (TPSA) is 56.7 Å². The maximum atomic E-state index is 12.5. The number of piperidine rings is 1. The molecule has 2 N–H and O–H groups in total. The molecule has 1 amide bonds. The number of nitrogens with one attached hydrogen (secondary N) is 2. The van der Waals surface area contributed by atoms with Crippen molar-refractivity contribution in [1.29, 1.82) is 0 Å². The number of aliphatic imine (C=N–C) groups is 1. The standard InChI is InChI=1S/C27H32N4OS/c1-20(27(32)30-28-19-22-11-5-3-6-12-22)15-16-24-21(2)29-26(31-17-9-4-10-18-31)23-13-7-8-14-25(23)33-24/h3,5-8,11-16,20,28H,4,9-10,17-19H2,1-2H3,(H,30,32)/b16-15-. The first kappa shape index (κ1) is 23.3. The number of nitrogens with zero attached hydrogens (tertiary/aromatic N) is 2. The summed E-state index contributed by atoms with van der Waals surface area (Å²) in [6.07, 6.45) is 7.73. The summed E-state index contributed by atoms with van der Waals surface area (Å²) >= 11 is 1.73. The molecule has 4 rings (SSSR count). The van der Waals surface area contributed by atoms with Gasteiger partial charge in [-0.05, 0) is 43.9 Å². The third-order valence-electron chi connectivity index (χ3n) is 5.93. The van der Waals surface area contributed by atoms with Gasteiger partial charge in [0.1, 0.15) is 5.84 Å². The van der Waals surface area contributed by atoms with Crippen LogP contribution in [0.5, 0.6) is 0 Å². The molecule has 6 heteroatoms. The van der Waals surface area contributed by atoms with Gasteiger partial charge in [0.2, 0.25) is 5.91 Å². The van der Waals surface area contributed by atoms with Crippen molar-refractivity contribution in [2.45, 2.75) is 44.6 Å². The predicted octanol–water partition coefficient (Wildman–Crippen LogP) is 5.27.